The summed E-state index contributed by atoms with van der Waals surface area (Å²) in [4.78, 5) is 15.1. The van der Waals surface area contributed by atoms with Crippen molar-refractivity contribution in [2.24, 2.45) is 0 Å². The molecule has 2 heterocycles. The number of hydrogen-bond donors (Lipinski definition) is 1. The predicted molar refractivity (Wildman–Crippen MR) is 109 cm³/mol. The summed E-state index contributed by atoms with van der Waals surface area (Å²) in [6, 6.07) is 26.9. The van der Waals surface area contributed by atoms with Gasteiger partial charge in [0.05, 0.1) is 11.4 Å². The van der Waals surface area contributed by atoms with Crippen molar-refractivity contribution in [2.75, 3.05) is 4.90 Å². The van der Waals surface area contributed by atoms with Gasteiger partial charge in [-0.05, 0) is 30.0 Å². The summed E-state index contributed by atoms with van der Waals surface area (Å²) in [6.45, 7) is 2.11. The minimum Gasteiger partial charge on any atom is -0.306 e. The highest BCUT2D eigenvalue weighted by Crippen LogP contribution is 2.44. The van der Waals surface area contributed by atoms with Crippen LogP contribution in [0.1, 0.15) is 29.2 Å². The molecule has 0 fully saturated rings. The first kappa shape index (κ1) is 15.9. The third-order valence-corrected chi connectivity index (χ3v) is 5.41. The predicted octanol–water partition coefficient (Wildman–Crippen LogP) is 5.08. The average Bonchev–Trinajstić information content (AvgIpc) is 2.98. The molecule has 0 bridgehead atoms. The van der Waals surface area contributed by atoms with Crippen molar-refractivity contribution in [2.45, 2.75) is 19.4 Å². The smallest absolute Gasteiger partial charge is 0.306 e. The van der Waals surface area contributed by atoms with E-state index in [1.165, 1.54) is 5.56 Å². The summed E-state index contributed by atoms with van der Waals surface area (Å²) in [7, 11) is 0. The van der Waals surface area contributed by atoms with Crippen molar-refractivity contribution < 1.29 is 4.79 Å². The molecule has 3 heteroatoms. The Bertz CT molecular complexity index is 1050. The van der Waals surface area contributed by atoms with Crippen LogP contribution in [0.25, 0.3) is 11.3 Å². The van der Waals surface area contributed by atoms with E-state index in [9.17, 15) is 4.79 Å². The van der Waals surface area contributed by atoms with Crippen molar-refractivity contribution in [1.29, 1.82) is 0 Å². The first-order valence-corrected chi connectivity index (χ1v) is 9.31. The summed E-state index contributed by atoms with van der Waals surface area (Å²) in [5.74, 6) is 0. The number of nitrogens with one attached hydrogen (secondary N) is 1. The van der Waals surface area contributed by atoms with Crippen molar-refractivity contribution in [3.63, 3.8) is 0 Å². The van der Waals surface area contributed by atoms with E-state index in [1.54, 1.807) is 0 Å². The Morgan fingerprint density at radius 1 is 0.852 bits per heavy atom. The quantitative estimate of drug-likeness (QED) is 0.685. The number of benzene rings is 3. The molecule has 132 valence electrons. The van der Waals surface area contributed by atoms with E-state index in [2.05, 4.69) is 42.6 Å². The maximum absolute atomic E-state index is 13.2. The van der Waals surface area contributed by atoms with Gasteiger partial charge >= 0.3 is 6.03 Å². The molecule has 0 aliphatic carbocycles. The molecule has 5 rings (SSSR count). The molecule has 0 saturated heterocycles. The Morgan fingerprint density at radius 2 is 1.52 bits per heavy atom. The lowest BCUT2D eigenvalue weighted by atomic mass is 9.91. The molecule has 3 aromatic carbocycles. The first-order valence-electron chi connectivity index (χ1n) is 9.31. The molecule has 0 aromatic heterocycles. The Morgan fingerprint density at radius 3 is 2.22 bits per heavy atom. The van der Waals surface area contributed by atoms with E-state index in [0.29, 0.717) is 0 Å². The number of carbonyl (C=O) groups excluding carboxylic acids is 1. The second kappa shape index (κ2) is 6.13. The van der Waals surface area contributed by atoms with Gasteiger partial charge in [-0.3, -0.25) is 4.90 Å². The van der Waals surface area contributed by atoms with E-state index in [4.69, 9.17) is 0 Å². The molecule has 0 spiro atoms. The Kier molecular flexibility index (Phi) is 3.61. The maximum atomic E-state index is 13.2. The first-order chi connectivity index (χ1) is 13.2. The minimum atomic E-state index is -0.0570. The number of nitrogens with zero attached hydrogens (tertiary/aromatic N) is 1. The van der Waals surface area contributed by atoms with Gasteiger partial charge in [0, 0.05) is 17.2 Å². The minimum absolute atomic E-state index is 0.0570. The molecule has 0 radical (unpaired) electrons. The van der Waals surface area contributed by atoms with E-state index in [0.717, 1.165) is 40.1 Å². The number of anilines is 1. The van der Waals surface area contributed by atoms with Crippen LogP contribution in [0.3, 0.4) is 0 Å². The Labute approximate surface area is 159 Å². The zero-order chi connectivity index (χ0) is 18.4. The molecule has 2 amide bonds. The SMILES string of the molecule is CC1Cc2cccc3c2N1C(=O)NC(c1ccccc1)=C3c1ccccc1. The molecule has 2 aliphatic heterocycles. The molecular formula is C24H20N2O. The molecule has 0 saturated carbocycles. The fraction of sp³-hybridized carbons (Fsp3) is 0.125. The summed E-state index contributed by atoms with van der Waals surface area (Å²) in [5.41, 5.74) is 7.44. The highest BCUT2D eigenvalue weighted by atomic mass is 16.2. The Balaban J connectivity index is 1.87. The topological polar surface area (TPSA) is 32.3 Å². The van der Waals surface area contributed by atoms with Crippen LogP contribution in [0, 0.1) is 0 Å². The number of hydrogen-bond acceptors (Lipinski definition) is 1. The maximum Gasteiger partial charge on any atom is 0.326 e. The van der Waals surface area contributed by atoms with Crippen LogP contribution in [0.5, 0.6) is 0 Å². The lowest BCUT2D eigenvalue weighted by Crippen LogP contribution is -2.41. The average molecular weight is 352 g/mol. The second-order valence-electron chi connectivity index (χ2n) is 7.15. The monoisotopic (exact) mass is 352 g/mol. The third kappa shape index (κ3) is 2.47. The van der Waals surface area contributed by atoms with Crippen molar-refractivity contribution in [3.8, 4) is 0 Å². The van der Waals surface area contributed by atoms with Gasteiger partial charge in [0.1, 0.15) is 0 Å². The lowest BCUT2D eigenvalue weighted by Gasteiger charge is -2.22. The molecule has 1 unspecified atom stereocenters. The largest absolute Gasteiger partial charge is 0.326 e. The standard InChI is InChI=1S/C24H20N2O/c1-16-15-19-13-8-14-20-21(17-9-4-2-5-10-17)22(18-11-6-3-7-12-18)25-24(27)26(16)23(19)20/h2-14,16H,15H2,1H3,(H,25,27). The van der Waals surface area contributed by atoms with Gasteiger partial charge in [-0.15, -0.1) is 0 Å². The van der Waals surface area contributed by atoms with Crippen molar-refractivity contribution >= 4 is 23.0 Å². The fourth-order valence-corrected chi connectivity index (χ4v) is 4.26. The summed E-state index contributed by atoms with van der Waals surface area (Å²) >= 11 is 0. The number of urea groups is 1. The molecule has 2 aliphatic rings. The summed E-state index contributed by atoms with van der Waals surface area (Å²) < 4.78 is 0. The lowest BCUT2D eigenvalue weighted by molar-refractivity contribution is 0.249. The molecule has 1 atom stereocenters. The number of para-hydroxylation sites is 1. The van der Waals surface area contributed by atoms with Crippen molar-refractivity contribution in [1.82, 2.24) is 5.32 Å². The fourth-order valence-electron chi connectivity index (χ4n) is 4.26. The molecule has 1 N–H and O–H groups in total. The number of carbonyl (C=O) groups is 1. The highest BCUT2D eigenvalue weighted by Gasteiger charge is 2.37. The number of rotatable bonds is 2. The second-order valence-corrected chi connectivity index (χ2v) is 7.15. The van der Waals surface area contributed by atoms with E-state index in [1.807, 2.05) is 53.4 Å². The van der Waals surface area contributed by atoms with Gasteiger partial charge in [-0.2, -0.15) is 0 Å². The van der Waals surface area contributed by atoms with Crippen LogP contribution in [0.2, 0.25) is 0 Å². The van der Waals surface area contributed by atoms with Crippen LogP contribution in [0.15, 0.2) is 78.9 Å². The van der Waals surface area contributed by atoms with Crippen LogP contribution in [0.4, 0.5) is 10.5 Å². The van der Waals surface area contributed by atoms with Crippen molar-refractivity contribution in [3.05, 3.63) is 101 Å². The van der Waals surface area contributed by atoms with E-state index in [-0.39, 0.29) is 12.1 Å². The molecule has 3 nitrogen and oxygen atoms in total. The van der Waals surface area contributed by atoms with Crippen LogP contribution in [-0.4, -0.2) is 12.1 Å². The third-order valence-electron chi connectivity index (χ3n) is 5.41. The zero-order valence-electron chi connectivity index (χ0n) is 15.1. The van der Waals surface area contributed by atoms with Gasteiger partial charge in [0.25, 0.3) is 0 Å². The normalized spacial score (nSPS) is 18.2. The summed E-state index contributed by atoms with van der Waals surface area (Å²) in [6.07, 6.45) is 0.888. The molecule has 3 aromatic rings. The van der Waals surface area contributed by atoms with Gasteiger partial charge in [-0.1, -0.05) is 78.9 Å². The van der Waals surface area contributed by atoms with Crippen LogP contribution >= 0.6 is 0 Å². The van der Waals surface area contributed by atoms with Gasteiger partial charge < -0.3 is 5.32 Å². The summed E-state index contributed by atoms with van der Waals surface area (Å²) in [5, 5.41) is 3.22. The van der Waals surface area contributed by atoms with Gasteiger partial charge in [0.15, 0.2) is 0 Å². The van der Waals surface area contributed by atoms with E-state index < -0.39 is 0 Å². The number of amides is 2. The van der Waals surface area contributed by atoms with Crippen LogP contribution < -0.4 is 10.2 Å². The molecular weight excluding hydrogens is 332 g/mol. The van der Waals surface area contributed by atoms with Crippen LogP contribution in [-0.2, 0) is 6.42 Å². The van der Waals surface area contributed by atoms with E-state index >= 15 is 0 Å². The van der Waals surface area contributed by atoms with Gasteiger partial charge in [0.2, 0.25) is 0 Å². The highest BCUT2D eigenvalue weighted by molar-refractivity contribution is 6.13. The zero-order valence-corrected chi connectivity index (χ0v) is 15.1. The molecule has 27 heavy (non-hydrogen) atoms. The van der Waals surface area contributed by atoms with Gasteiger partial charge in [-0.25, -0.2) is 4.79 Å². The Hall–Kier alpha value is -3.33.